The van der Waals surface area contributed by atoms with Crippen molar-refractivity contribution in [3.05, 3.63) is 0 Å². The lowest BCUT2D eigenvalue weighted by Gasteiger charge is -2.35. The van der Waals surface area contributed by atoms with E-state index in [2.05, 4.69) is 10.6 Å². The summed E-state index contributed by atoms with van der Waals surface area (Å²) in [7, 11) is 0. The van der Waals surface area contributed by atoms with Crippen LogP contribution >= 0.6 is 0 Å². The molecule has 2 bridgehead atoms. The van der Waals surface area contributed by atoms with E-state index in [1.165, 1.54) is 0 Å². The zero-order chi connectivity index (χ0) is 11.1. The SMILES string of the molecule is CC(C)(C)OC(=O)C12CCC(CNC1)N2. The molecule has 2 N–H and O–H groups in total. The standard InChI is InChI=1S/C11H20N2O2/c1-10(2,3)15-9(14)11-5-4-8(13-11)6-12-7-11/h8,12-13H,4-7H2,1-3H3. The molecule has 15 heavy (non-hydrogen) atoms. The molecular weight excluding hydrogens is 192 g/mol. The Morgan fingerprint density at radius 1 is 1.47 bits per heavy atom. The minimum atomic E-state index is -0.462. The Hall–Kier alpha value is -0.610. The second-order valence-electron chi connectivity index (χ2n) is 5.59. The molecule has 4 nitrogen and oxygen atoms in total. The van der Waals surface area contributed by atoms with E-state index in [1.54, 1.807) is 0 Å². The van der Waals surface area contributed by atoms with E-state index >= 15 is 0 Å². The predicted octanol–water partition coefficient (Wildman–Crippen LogP) is 0.422. The van der Waals surface area contributed by atoms with Crippen LogP contribution in [-0.4, -0.2) is 36.2 Å². The van der Waals surface area contributed by atoms with E-state index in [4.69, 9.17) is 4.74 Å². The summed E-state index contributed by atoms with van der Waals surface area (Å²) in [5, 5.41) is 6.68. The molecular formula is C11H20N2O2. The molecule has 2 unspecified atom stereocenters. The van der Waals surface area contributed by atoms with Gasteiger partial charge in [-0.3, -0.25) is 5.32 Å². The van der Waals surface area contributed by atoms with Crippen LogP contribution in [0.3, 0.4) is 0 Å². The summed E-state index contributed by atoms with van der Waals surface area (Å²) >= 11 is 0. The van der Waals surface area contributed by atoms with Crippen molar-refractivity contribution in [1.82, 2.24) is 10.6 Å². The van der Waals surface area contributed by atoms with E-state index in [0.717, 1.165) is 19.4 Å². The van der Waals surface area contributed by atoms with Gasteiger partial charge < -0.3 is 10.1 Å². The molecule has 0 aromatic carbocycles. The predicted molar refractivity (Wildman–Crippen MR) is 57.6 cm³/mol. The van der Waals surface area contributed by atoms with Gasteiger partial charge in [-0.25, -0.2) is 4.79 Å². The summed E-state index contributed by atoms with van der Waals surface area (Å²) in [4.78, 5) is 12.1. The Balaban J connectivity index is 2.06. The van der Waals surface area contributed by atoms with Crippen LogP contribution in [0.4, 0.5) is 0 Å². The quantitative estimate of drug-likeness (QED) is 0.619. The Morgan fingerprint density at radius 3 is 2.87 bits per heavy atom. The van der Waals surface area contributed by atoms with Gasteiger partial charge in [-0.1, -0.05) is 0 Å². The zero-order valence-corrected chi connectivity index (χ0v) is 9.72. The first-order valence-electron chi connectivity index (χ1n) is 5.63. The molecule has 86 valence electrons. The van der Waals surface area contributed by atoms with Crippen molar-refractivity contribution in [3.8, 4) is 0 Å². The third-order valence-corrected chi connectivity index (χ3v) is 3.01. The molecule has 2 atom stereocenters. The Labute approximate surface area is 90.8 Å². The van der Waals surface area contributed by atoms with Crippen LogP contribution in [0.2, 0.25) is 0 Å². The monoisotopic (exact) mass is 212 g/mol. The van der Waals surface area contributed by atoms with Crippen molar-refractivity contribution < 1.29 is 9.53 Å². The van der Waals surface area contributed by atoms with E-state index < -0.39 is 11.1 Å². The number of hydrogen-bond acceptors (Lipinski definition) is 4. The van der Waals surface area contributed by atoms with Crippen LogP contribution in [0, 0.1) is 0 Å². The summed E-state index contributed by atoms with van der Waals surface area (Å²) in [5.74, 6) is -0.107. The first-order valence-corrected chi connectivity index (χ1v) is 5.63. The van der Waals surface area contributed by atoms with Gasteiger partial charge in [0.25, 0.3) is 0 Å². The number of piperazine rings is 1. The maximum absolute atomic E-state index is 12.1. The van der Waals surface area contributed by atoms with Gasteiger partial charge in [0.2, 0.25) is 0 Å². The second kappa shape index (κ2) is 3.46. The summed E-state index contributed by atoms with van der Waals surface area (Å²) in [5.41, 5.74) is -0.862. The van der Waals surface area contributed by atoms with E-state index in [0.29, 0.717) is 12.6 Å². The zero-order valence-electron chi connectivity index (χ0n) is 9.72. The number of esters is 1. The summed E-state index contributed by atoms with van der Waals surface area (Å²) in [6.07, 6.45) is 1.95. The summed E-state index contributed by atoms with van der Waals surface area (Å²) in [6.45, 7) is 7.38. The topological polar surface area (TPSA) is 50.4 Å². The number of nitrogens with one attached hydrogen (secondary N) is 2. The molecule has 2 aliphatic heterocycles. The van der Waals surface area contributed by atoms with Crippen molar-refractivity contribution >= 4 is 5.97 Å². The highest BCUT2D eigenvalue weighted by atomic mass is 16.6. The number of hydrogen-bond donors (Lipinski definition) is 2. The van der Waals surface area contributed by atoms with Crippen LogP contribution in [0.1, 0.15) is 33.6 Å². The van der Waals surface area contributed by atoms with Gasteiger partial charge in [-0.2, -0.15) is 0 Å². The fraction of sp³-hybridized carbons (Fsp3) is 0.909. The van der Waals surface area contributed by atoms with Gasteiger partial charge in [-0.05, 0) is 33.6 Å². The lowest BCUT2D eigenvalue weighted by Crippen LogP contribution is -2.63. The molecule has 0 aromatic heterocycles. The molecule has 0 amide bonds. The van der Waals surface area contributed by atoms with Gasteiger partial charge in [0.05, 0.1) is 0 Å². The van der Waals surface area contributed by atoms with E-state index in [1.807, 2.05) is 20.8 Å². The van der Waals surface area contributed by atoms with Gasteiger partial charge >= 0.3 is 5.97 Å². The fourth-order valence-corrected chi connectivity index (χ4v) is 2.32. The molecule has 2 saturated heterocycles. The largest absolute Gasteiger partial charge is 0.459 e. The highest BCUT2D eigenvalue weighted by Gasteiger charge is 2.49. The maximum atomic E-state index is 12.1. The molecule has 2 fully saturated rings. The van der Waals surface area contributed by atoms with Crippen LogP contribution in [0.15, 0.2) is 0 Å². The molecule has 0 spiro atoms. The van der Waals surface area contributed by atoms with Crippen molar-refractivity contribution in [2.45, 2.75) is 50.8 Å². The molecule has 0 aliphatic carbocycles. The van der Waals surface area contributed by atoms with Crippen LogP contribution in [0.5, 0.6) is 0 Å². The first-order chi connectivity index (χ1) is 6.91. The fourth-order valence-electron chi connectivity index (χ4n) is 2.32. The number of ether oxygens (including phenoxy) is 1. The second-order valence-corrected chi connectivity index (χ2v) is 5.59. The normalized spacial score (nSPS) is 35.3. The molecule has 0 radical (unpaired) electrons. The van der Waals surface area contributed by atoms with Crippen LogP contribution in [0.25, 0.3) is 0 Å². The molecule has 4 heteroatoms. The minimum absolute atomic E-state index is 0.107. The van der Waals surface area contributed by atoms with Gasteiger partial charge in [0.1, 0.15) is 11.1 Å². The highest BCUT2D eigenvalue weighted by Crippen LogP contribution is 2.28. The van der Waals surface area contributed by atoms with Crippen molar-refractivity contribution in [3.63, 3.8) is 0 Å². The third kappa shape index (κ3) is 2.16. The number of carbonyl (C=O) groups is 1. The summed E-state index contributed by atoms with van der Waals surface area (Å²) in [6, 6.07) is 0.436. The summed E-state index contributed by atoms with van der Waals surface area (Å²) < 4.78 is 5.46. The van der Waals surface area contributed by atoms with E-state index in [-0.39, 0.29) is 5.97 Å². The van der Waals surface area contributed by atoms with Crippen LogP contribution < -0.4 is 10.6 Å². The highest BCUT2D eigenvalue weighted by molar-refractivity contribution is 5.82. The number of rotatable bonds is 1. The van der Waals surface area contributed by atoms with E-state index in [9.17, 15) is 4.79 Å². The Morgan fingerprint density at radius 2 is 2.20 bits per heavy atom. The molecule has 0 saturated carbocycles. The minimum Gasteiger partial charge on any atom is -0.459 e. The first kappa shape index (κ1) is 10.9. The lowest BCUT2D eigenvalue weighted by atomic mass is 9.97. The average molecular weight is 212 g/mol. The Bertz CT molecular complexity index is 268. The third-order valence-electron chi connectivity index (χ3n) is 3.01. The molecule has 0 aromatic rings. The Kier molecular flexibility index (Phi) is 2.51. The molecule has 2 rings (SSSR count). The average Bonchev–Trinajstić information content (AvgIpc) is 2.41. The number of fused-ring (bicyclic) bond motifs is 2. The van der Waals surface area contributed by atoms with Gasteiger partial charge in [0, 0.05) is 19.1 Å². The van der Waals surface area contributed by atoms with Crippen LogP contribution in [-0.2, 0) is 9.53 Å². The van der Waals surface area contributed by atoms with Crippen molar-refractivity contribution in [1.29, 1.82) is 0 Å². The molecule has 2 heterocycles. The smallest absolute Gasteiger partial charge is 0.328 e. The lowest BCUT2D eigenvalue weighted by molar-refractivity contribution is -0.163. The van der Waals surface area contributed by atoms with Crippen molar-refractivity contribution in [2.75, 3.05) is 13.1 Å². The van der Waals surface area contributed by atoms with Gasteiger partial charge in [0.15, 0.2) is 0 Å². The molecule has 2 aliphatic rings. The van der Waals surface area contributed by atoms with Crippen molar-refractivity contribution in [2.24, 2.45) is 0 Å². The number of carbonyl (C=O) groups excluding carboxylic acids is 1. The maximum Gasteiger partial charge on any atom is 0.328 e. The van der Waals surface area contributed by atoms with Gasteiger partial charge in [-0.15, -0.1) is 0 Å².